The summed E-state index contributed by atoms with van der Waals surface area (Å²) >= 11 is 0. The summed E-state index contributed by atoms with van der Waals surface area (Å²) in [5.74, 6) is 0.663. The fourth-order valence-corrected chi connectivity index (χ4v) is 4.69. The number of hydrogen-bond donors (Lipinski definition) is 1. The summed E-state index contributed by atoms with van der Waals surface area (Å²) in [5.41, 5.74) is -0.148. The highest BCUT2D eigenvalue weighted by Crippen LogP contribution is 2.46. The first-order chi connectivity index (χ1) is 14.1. The Labute approximate surface area is 174 Å². The lowest BCUT2D eigenvalue weighted by Crippen LogP contribution is -2.51. The van der Waals surface area contributed by atoms with Crippen LogP contribution in [0.1, 0.15) is 54.6 Å². The Morgan fingerprint density at radius 3 is 2.70 bits per heavy atom. The summed E-state index contributed by atoms with van der Waals surface area (Å²) in [5, 5.41) is 11.0. The van der Waals surface area contributed by atoms with Gasteiger partial charge in [-0.05, 0) is 47.4 Å². The number of halogens is 3. The molecule has 0 fully saturated rings. The van der Waals surface area contributed by atoms with Crippen molar-refractivity contribution in [2.24, 2.45) is 0 Å². The zero-order valence-electron chi connectivity index (χ0n) is 17.2. The van der Waals surface area contributed by atoms with Gasteiger partial charge in [0.15, 0.2) is 5.60 Å². The minimum absolute atomic E-state index is 0.468. The van der Waals surface area contributed by atoms with Gasteiger partial charge in [0, 0.05) is 30.3 Å². The minimum atomic E-state index is -4.78. The van der Waals surface area contributed by atoms with Crippen molar-refractivity contribution in [1.82, 2.24) is 4.98 Å². The topological polar surface area (TPSA) is 42.4 Å². The molecule has 0 saturated carbocycles. The zero-order valence-corrected chi connectivity index (χ0v) is 17.2. The van der Waals surface area contributed by atoms with Crippen molar-refractivity contribution in [2.75, 3.05) is 6.61 Å². The van der Waals surface area contributed by atoms with Crippen molar-refractivity contribution in [3.8, 4) is 5.75 Å². The Morgan fingerprint density at radius 1 is 1.13 bits per heavy atom. The highest BCUT2D eigenvalue weighted by atomic mass is 19.4. The zero-order chi connectivity index (χ0) is 21.6. The van der Waals surface area contributed by atoms with Crippen LogP contribution in [0.2, 0.25) is 0 Å². The normalized spacial score (nSPS) is 17.8. The van der Waals surface area contributed by atoms with Gasteiger partial charge in [0.25, 0.3) is 0 Å². The molecule has 2 heterocycles. The molecule has 6 heteroatoms. The molecule has 2 aliphatic rings. The van der Waals surface area contributed by atoms with Crippen LogP contribution in [0.3, 0.4) is 0 Å². The molecular weight excluding hydrogens is 391 g/mol. The van der Waals surface area contributed by atoms with Crippen molar-refractivity contribution in [3.05, 3.63) is 64.5 Å². The van der Waals surface area contributed by atoms with E-state index in [1.165, 1.54) is 6.20 Å². The average molecular weight is 417 g/mol. The molecule has 1 N–H and O–H groups in total. The summed E-state index contributed by atoms with van der Waals surface area (Å²) in [6, 6.07) is 7.17. The second-order valence-corrected chi connectivity index (χ2v) is 8.93. The van der Waals surface area contributed by atoms with Crippen molar-refractivity contribution < 1.29 is 23.0 Å². The van der Waals surface area contributed by atoms with E-state index in [2.05, 4.69) is 4.98 Å². The maximum atomic E-state index is 14.2. The van der Waals surface area contributed by atoms with Gasteiger partial charge in [-0.2, -0.15) is 13.2 Å². The van der Waals surface area contributed by atoms with Gasteiger partial charge in [-0.15, -0.1) is 0 Å². The van der Waals surface area contributed by atoms with E-state index in [4.69, 9.17) is 4.74 Å². The van der Waals surface area contributed by atoms with E-state index >= 15 is 0 Å². The highest BCUT2D eigenvalue weighted by Gasteiger charge is 2.56. The SMILES string of the molecule is CC(C)(CC(O)(Cc1ccnc2c1C=CCC2)C(F)(F)F)c1cccc2c1OCC2. The van der Waals surface area contributed by atoms with Gasteiger partial charge >= 0.3 is 6.18 Å². The van der Waals surface area contributed by atoms with E-state index in [-0.39, 0.29) is 0 Å². The molecule has 1 atom stereocenters. The number of fused-ring (bicyclic) bond motifs is 2. The number of hydrogen-bond acceptors (Lipinski definition) is 3. The molecule has 160 valence electrons. The number of ether oxygens (including phenoxy) is 1. The number of benzene rings is 1. The number of aliphatic hydroxyl groups is 1. The highest BCUT2D eigenvalue weighted by molar-refractivity contribution is 5.58. The molecule has 1 aliphatic carbocycles. The average Bonchev–Trinajstić information content (AvgIpc) is 3.15. The van der Waals surface area contributed by atoms with Crippen LogP contribution in [0.4, 0.5) is 13.2 Å². The Bertz CT molecular complexity index is 981. The predicted molar refractivity (Wildman–Crippen MR) is 110 cm³/mol. The second kappa shape index (κ2) is 7.41. The standard InChI is InChI=1S/C24H26F3NO2/c1-22(2,19-8-5-6-16-11-13-30-21(16)19)15-23(29,24(25,26)27)14-17-10-12-28-20-9-4-3-7-18(17)20/h3,5-8,10,12,29H,4,9,11,13-15H2,1-2H3. The van der Waals surface area contributed by atoms with Crippen LogP contribution in [0.25, 0.3) is 6.08 Å². The quantitative estimate of drug-likeness (QED) is 0.729. The lowest BCUT2D eigenvalue weighted by molar-refractivity contribution is -0.266. The number of para-hydroxylation sites is 1. The number of allylic oxidation sites excluding steroid dienone is 1. The molecule has 30 heavy (non-hydrogen) atoms. The molecule has 1 unspecified atom stereocenters. The van der Waals surface area contributed by atoms with Gasteiger partial charge in [-0.25, -0.2) is 0 Å². The summed E-state index contributed by atoms with van der Waals surface area (Å²) in [6.07, 6.45) is 1.80. The van der Waals surface area contributed by atoms with Crippen molar-refractivity contribution in [3.63, 3.8) is 0 Å². The maximum absolute atomic E-state index is 14.2. The number of rotatable bonds is 5. The van der Waals surface area contributed by atoms with E-state index in [9.17, 15) is 18.3 Å². The molecule has 0 amide bonds. The lowest BCUT2D eigenvalue weighted by atomic mass is 9.72. The van der Waals surface area contributed by atoms with Crippen LogP contribution >= 0.6 is 0 Å². The smallest absolute Gasteiger partial charge is 0.417 e. The van der Waals surface area contributed by atoms with Crippen molar-refractivity contribution >= 4 is 6.08 Å². The molecule has 0 spiro atoms. The van der Waals surface area contributed by atoms with E-state index in [1.54, 1.807) is 26.0 Å². The maximum Gasteiger partial charge on any atom is 0.417 e. The summed E-state index contributed by atoms with van der Waals surface area (Å²) in [4.78, 5) is 4.30. The van der Waals surface area contributed by atoms with E-state index in [1.807, 2.05) is 24.3 Å². The molecular formula is C24H26F3NO2. The summed E-state index contributed by atoms with van der Waals surface area (Å²) < 4.78 is 48.4. The molecule has 0 radical (unpaired) electrons. The van der Waals surface area contributed by atoms with Crippen LogP contribution in [0.5, 0.6) is 5.75 Å². The Kier molecular flexibility index (Phi) is 5.17. The first-order valence-corrected chi connectivity index (χ1v) is 10.3. The van der Waals surface area contributed by atoms with Crippen LogP contribution < -0.4 is 4.74 Å². The Balaban J connectivity index is 1.70. The van der Waals surface area contributed by atoms with E-state index in [0.717, 1.165) is 24.1 Å². The van der Waals surface area contributed by atoms with E-state index in [0.29, 0.717) is 35.5 Å². The summed E-state index contributed by atoms with van der Waals surface area (Å²) in [6.45, 7) is 4.01. The molecule has 4 rings (SSSR count). The van der Waals surface area contributed by atoms with Gasteiger partial charge in [-0.3, -0.25) is 4.98 Å². The predicted octanol–water partition coefficient (Wildman–Crippen LogP) is 5.18. The fraction of sp³-hybridized carbons (Fsp3) is 0.458. The Hall–Kier alpha value is -2.34. The van der Waals surface area contributed by atoms with Gasteiger partial charge in [0.2, 0.25) is 0 Å². The molecule has 1 aromatic carbocycles. The first-order valence-electron chi connectivity index (χ1n) is 10.3. The monoisotopic (exact) mass is 417 g/mol. The number of aryl methyl sites for hydroxylation is 1. The van der Waals surface area contributed by atoms with E-state index < -0.39 is 30.0 Å². The molecule has 2 aromatic rings. The molecule has 0 bridgehead atoms. The number of nitrogens with zero attached hydrogens (tertiary/aromatic N) is 1. The second-order valence-electron chi connectivity index (χ2n) is 8.93. The van der Waals surface area contributed by atoms with Gasteiger partial charge in [-0.1, -0.05) is 44.2 Å². The van der Waals surface area contributed by atoms with Crippen LogP contribution in [-0.2, 0) is 24.7 Å². The minimum Gasteiger partial charge on any atom is -0.493 e. The van der Waals surface area contributed by atoms with Gasteiger partial charge < -0.3 is 9.84 Å². The largest absolute Gasteiger partial charge is 0.493 e. The van der Waals surface area contributed by atoms with Gasteiger partial charge in [0.05, 0.1) is 6.61 Å². The van der Waals surface area contributed by atoms with Crippen LogP contribution in [0, 0.1) is 0 Å². The molecule has 1 aromatic heterocycles. The number of pyridine rings is 1. The third-order valence-electron chi connectivity index (χ3n) is 6.18. The lowest BCUT2D eigenvalue weighted by Gasteiger charge is -2.39. The molecule has 3 nitrogen and oxygen atoms in total. The summed E-state index contributed by atoms with van der Waals surface area (Å²) in [7, 11) is 0. The van der Waals surface area contributed by atoms with Crippen molar-refractivity contribution in [1.29, 1.82) is 0 Å². The van der Waals surface area contributed by atoms with Crippen molar-refractivity contribution in [2.45, 2.75) is 63.1 Å². The van der Waals surface area contributed by atoms with Crippen LogP contribution in [-0.4, -0.2) is 28.5 Å². The third-order valence-corrected chi connectivity index (χ3v) is 6.18. The molecule has 1 aliphatic heterocycles. The Morgan fingerprint density at radius 2 is 1.93 bits per heavy atom. The van der Waals surface area contributed by atoms with Gasteiger partial charge in [0.1, 0.15) is 5.75 Å². The molecule has 0 saturated heterocycles. The third kappa shape index (κ3) is 3.73. The fourth-order valence-electron chi connectivity index (χ4n) is 4.69. The number of alkyl halides is 3. The first kappa shape index (κ1) is 20.9. The van der Waals surface area contributed by atoms with Crippen LogP contribution in [0.15, 0.2) is 36.5 Å². The number of aromatic nitrogens is 1.